The molecule has 34 heavy (non-hydrogen) atoms. The molecule has 8 heteroatoms. The van der Waals surface area contributed by atoms with Gasteiger partial charge in [-0.05, 0) is 77.3 Å². The molecule has 2 aromatic carbocycles. The molecule has 0 aliphatic rings. The lowest BCUT2D eigenvalue weighted by molar-refractivity contribution is -0.140. The van der Waals surface area contributed by atoms with Crippen LogP contribution in [0, 0.1) is 20.8 Å². The molecule has 186 valence electrons. The molecule has 0 radical (unpaired) electrons. The average Bonchev–Trinajstić information content (AvgIpc) is 2.68. The monoisotopic (exact) mass is 487 g/mol. The molecule has 0 saturated heterocycles. The zero-order valence-electron chi connectivity index (χ0n) is 21.5. The van der Waals surface area contributed by atoms with Crippen molar-refractivity contribution in [1.29, 1.82) is 0 Å². The molecule has 0 heterocycles. The third-order valence-corrected chi connectivity index (χ3v) is 6.45. The summed E-state index contributed by atoms with van der Waals surface area (Å²) in [5.41, 5.74) is 3.68. The number of aryl methyl sites for hydroxylation is 3. The summed E-state index contributed by atoms with van der Waals surface area (Å²) in [6, 6.07) is 12.3. The van der Waals surface area contributed by atoms with Gasteiger partial charge in [-0.3, -0.25) is 13.9 Å². The first kappa shape index (κ1) is 27.4. The van der Waals surface area contributed by atoms with Gasteiger partial charge < -0.3 is 10.2 Å². The molecule has 0 aromatic heterocycles. The van der Waals surface area contributed by atoms with Crippen molar-refractivity contribution in [3.05, 3.63) is 64.7 Å². The Morgan fingerprint density at radius 2 is 1.47 bits per heavy atom. The quantitative estimate of drug-likeness (QED) is 0.615. The van der Waals surface area contributed by atoms with Gasteiger partial charge in [0.05, 0.1) is 11.9 Å². The zero-order valence-corrected chi connectivity index (χ0v) is 22.3. The van der Waals surface area contributed by atoms with E-state index in [0.29, 0.717) is 5.69 Å². The van der Waals surface area contributed by atoms with Gasteiger partial charge in [-0.1, -0.05) is 35.9 Å². The number of benzene rings is 2. The number of hydrogen-bond acceptors (Lipinski definition) is 4. The summed E-state index contributed by atoms with van der Waals surface area (Å²) in [5, 5.41) is 2.91. The number of anilines is 1. The molecule has 0 saturated carbocycles. The van der Waals surface area contributed by atoms with E-state index in [0.717, 1.165) is 32.8 Å². The number of hydrogen-bond donors (Lipinski definition) is 1. The molecule has 0 spiro atoms. The maximum absolute atomic E-state index is 13.6. The minimum atomic E-state index is -3.75. The van der Waals surface area contributed by atoms with Crippen LogP contribution in [0.3, 0.4) is 0 Å². The summed E-state index contributed by atoms with van der Waals surface area (Å²) in [6.45, 7) is 12.8. The van der Waals surface area contributed by atoms with E-state index < -0.39 is 34.1 Å². The van der Waals surface area contributed by atoms with Crippen LogP contribution in [0.15, 0.2) is 42.5 Å². The molecule has 1 N–H and O–H groups in total. The van der Waals surface area contributed by atoms with Crippen LogP contribution in [0.25, 0.3) is 0 Å². The van der Waals surface area contributed by atoms with Gasteiger partial charge in [0.15, 0.2) is 0 Å². The van der Waals surface area contributed by atoms with E-state index in [1.807, 2.05) is 71.9 Å². The van der Waals surface area contributed by atoms with Gasteiger partial charge in [0.2, 0.25) is 21.8 Å². The minimum absolute atomic E-state index is 0.183. The van der Waals surface area contributed by atoms with Crippen LogP contribution in [0.4, 0.5) is 5.69 Å². The summed E-state index contributed by atoms with van der Waals surface area (Å²) >= 11 is 0. The van der Waals surface area contributed by atoms with Gasteiger partial charge in [0.25, 0.3) is 0 Å². The Kier molecular flexibility index (Phi) is 8.53. The number of amides is 2. The van der Waals surface area contributed by atoms with Crippen molar-refractivity contribution in [1.82, 2.24) is 10.2 Å². The van der Waals surface area contributed by atoms with Crippen LogP contribution in [0.2, 0.25) is 0 Å². The van der Waals surface area contributed by atoms with Crippen molar-refractivity contribution in [2.75, 3.05) is 17.1 Å². The van der Waals surface area contributed by atoms with Crippen LogP contribution in [-0.4, -0.2) is 49.5 Å². The van der Waals surface area contributed by atoms with E-state index in [1.54, 1.807) is 19.1 Å². The Balaban J connectivity index is 2.43. The zero-order chi connectivity index (χ0) is 25.8. The molecule has 1 unspecified atom stereocenters. The fraction of sp³-hybridized carbons (Fsp3) is 0.462. The average molecular weight is 488 g/mol. The summed E-state index contributed by atoms with van der Waals surface area (Å²) in [7, 11) is -3.75. The normalized spacial score (nSPS) is 12.7. The fourth-order valence-corrected chi connectivity index (χ4v) is 4.49. The Bertz CT molecular complexity index is 1120. The minimum Gasteiger partial charge on any atom is -0.350 e. The standard InChI is InChI=1S/C26H37N3O4S/c1-18-9-11-22(12-10-18)16-28(21(4)25(31)27-26(5,6)7)24(30)17-29(34(8,32)33)23-14-19(2)13-20(3)15-23/h9-15,21H,16-17H2,1-8H3,(H,27,31). The van der Waals surface area contributed by atoms with Gasteiger partial charge in [0, 0.05) is 12.1 Å². The van der Waals surface area contributed by atoms with Crippen LogP contribution in [0.5, 0.6) is 0 Å². The first-order valence-corrected chi connectivity index (χ1v) is 13.1. The van der Waals surface area contributed by atoms with Gasteiger partial charge in [-0.2, -0.15) is 0 Å². The van der Waals surface area contributed by atoms with Crippen molar-refractivity contribution in [3.8, 4) is 0 Å². The number of nitrogens with zero attached hydrogens (tertiary/aromatic N) is 2. The van der Waals surface area contributed by atoms with E-state index in [9.17, 15) is 18.0 Å². The molecule has 0 aliphatic heterocycles. The number of nitrogens with one attached hydrogen (secondary N) is 1. The first-order valence-electron chi connectivity index (χ1n) is 11.3. The van der Waals surface area contributed by atoms with Crippen molar-refractivity contribution in [2.45, 2.75) is 66.6 Å². The number of rotatable bonds is 8. The summed E-state index contributed by atoms with van der Waals surface area (Å²) in [5.74, 6) is -0.757. The SMILES string of the molecule is Cc1ccc(CN(C(=O)CN(c2cc(C)cc(C)c2)S(C)(=O)=O)C(C)C(=O)NC(C)(C)C)cc1. The molecule has 2 aromatic rings. The highest BCUT2D eigenvalue weighted by Crippen LogP contribution is 2.22. The molecule has 2 rings (SSSR count). The highest BCUT2D eigenvalue weighted by atomic mass is 32.2. The molecule has 1 atom stereocenters. The topological polar surface area (TPSA) is 86.8 Å². The van der Waals surface area contributed by atoms with Crippen LogP contribution < -0.4 is 9.62 Å². The maximum atomic E-state index is 13.6. The van der Waals surface area contributed by atoms with Gasteiger partial charge in [-0.15, -0.1) is 0 Å². The lowest BCUT2D eigenvalue weighted by Crippen LogP contribution is -2.54. The molecule has 7 nitrogen and oxygen atoms in total. The molecule has 2 amide bonds. The van der Waals surface area contributed by atoms with E-state index >= 15 is 0 Å². The van der Waals surface area contributed by atoms with E-state index in [-0.39, 0.29) is 12.5 Å². The molecular formula is C26H37N3O4S. The second-order valence-corrected chi connectivity index (χ2v) is 11.9. The summed E-state index contributed by atoms with van der Waals surface area (Å²) in [6.07, 6.45) is 1.08. The third kappa shape index (κ3) is 7.87. The van der Waals surface area contributed by atoms with E-state index in [1.165, 1.54) is 4.90 Å². The Hall–Kier alpha value is -2.87. The number of carbonyl (C=O) groups excluding carboxylic acids is 2. The van der Waals surface area contributed by atoms with Crippen LogP contribution in [-0.2, 0) is 26.2 Å². The molecule has 0 bridgehead atoms. The van der Waals surface area contributed by atoms with Crippen LogP contribution >= 0.6 is 0 Å². The summed E-state index contributed by atoms with van der Waals surface area (Å²) in [4.78, 5) is 28.0. The Labute approximate surface area is 204 Å². The van der Waals surface area contributed by atoms with E-state index in [4.69, 9.17) is 0 Å². The highest BCUT2D eigenvalue weighted by molar-refractivity contribution is 7.92. The number of sulfonamides is 1. The lowest BCUT2D eigenvalue weighted by atomic mass is 10.1. The first-order chi connectivity index (χ1) is 15.6. The van der Waals surface area contributed by atoms with Gasteiger partial charge >= 0.3 is 0 Å². The molecule has 0 fully saturated rings. The largest absolute Gasteiger partial charge is 0.350 e. The predicted molar refractivity (Wildman–Crippen MR) is 137 cm³/mol. The lowest BCUT2D eigenvalue weighted by Gasteiger charge is -2.33. The van der Waals surface area contributed by atoms with Crippen LogP contribution in [0.1, 0.15) is 49.9 Å². The Morgan fingerprint density at radius 3 is 1.94 bits per heavy atom. The maximum Gasteiger partial charge on any atom is 0.244 e. The Morgan fingerprint density at radius 1 is 0.941 bits per heavy atom. The second kappa shape index (κ2) is 10.6. The smallest absolute Gasteiger partial charge is 0.244 e. The summed E-state index contributed by atoms with van der Waals surface area (Å²) < 4.78 is 26.5. The molecule has 0 aliphatic carbocycles. The second-order valence-electron chi connectivity index (χ2n) is 10.0. The number of carbonyl (C=O) groups is 2. The van der Waals surface area contributed by atoms with Crippen molar-refractivity contribution < 1.29 is 18.0 Å². The third-order valence-electron chi connectivity index (χ3n) is 5.31. The van der Waals surface area contributed by atoms with Gasteiger partial charge in [-0.25, -0.2) is 8.42 Å². The predicted octanol–water partition coefficient (Wildman–Crippen LogP) is 3.71. The van der Waals surface area contributed by atoms with Gasteiger partial charge in [0.1, 0.15) is 12.6 Å². The van der Waals surface area contributed by atoms with E-state index in [2.05, 4.69) is 5.32 Å². The van der Waals surface area contributed by atoms with Crippen molar-refractivity contribution in [3.63, 3.8) is 0 Å². The fourth-order valence-electron chi connectivity index (χ4n) is 3.66. The highest BCUT2D eigenvalue weighted by Gasteiger charge is 2.31. The molecular weight excluding hydrogens is 450 g/mol. The van der Waals surface area contributed by atoms with Crippen molar-refractivity contribution in [2.24, 2.45) is 0 Å². The van der Waals surface area contributed by atoms with Crippen molar-refractivity contribution >= 4 is 27.5 Å².